The normalized spacial score (nSPS) is 12.4. The molecule has 282 valence electrons. The topological polar surface area (TPSA) is 25.8 Å². The Morgan fingerprint density at radius 2 is 0.867 bits per heavy atom. The molecule has 0 atom stereocenters. The van der Waals surface area contributed by atoms with E-state index in [1.807, 2.05) is 12.1 Å². The van der Waals surface area contributed by atoms with E-state index in [1.54, 1.807) is 0 Å². The second-order valence-electron chi connectivity index (χ2n) is 15.8. The van der Waals surface area contributed by atoms with Crippen molar-refractivity contribution < 1.29 is 0 Å². The first-order chi connectivity index (χ1) is 29.6. The van der Waals surface area contributed by atoms with Crippen LogP contribution >= 0.6 is 0 Å². The third-order valence-corrected chi connectivity index (χ3v) is 12.0. The van der Waals surface area contributed by atoms with Crippen LogP contribution in [-0.4, -0.2) is 9.97 Å². The minimum Gasteiger partial charge on any atom is -0.228 e. The van der Waals surface area contributed by atoms with Gasteiger partial charge in [0.15, 0.2) is 5.82 Å². The molecule has 0 fully saturated rings. The fraction of sp³-hybridized carbons (Fsp3) is 0.0345. The molecule has 10 aromatic rings. The number of hydrogen-bond acceptors (Lipinski definition) is 2. The highest BCUT2D eigenvalue weighted by Crippen LogP contribution is 2.34. The summed E-state index contributed by atoms with van der Waals surface area (Å²) in [6.45, 7) is 2.21. The number of allylic oxidation sites excluding steroid dienone is 2. The molecule has 2 nitrogen and oxygen atoms in total. The zero-order valence-corrected chi connectivity index (χ0v) is 33.3. The molecule has 0 amide bonds. The number of fused-ring (bicyclic) bond motifs is 7. The molecule has 0 unspecified atom stereocenters. The molecule has 11 rings (SSSR count). The second-order valence-corrected chi connectivity index (χ2v) is 15.8. The van der Waals surface area contributed by atoms with Gasteiger partial charge in [-0.3, -0.25) is 0 Å². The van der Waals surface area contributed by atoms with Gasteiger partial charge in [-0.25, -0.2) is 9.97 Å². The average Bonchev–Trinajstić information content (AvgIpc) is 3.56. The summed E-state index contributed by atoms with van der Waals surface area (Å²) in [6.07, 6.45) is 7.98. The molecule has 1 aliphatic rings. The van der Waals surface area contributed by atoms with Crippen LogP contribution in [0.4, 0.5) is 0 Å². The predicted molar refractivity (Wildman–Crippen MR) is 254 cm³/mol. The van der Waals surface area contributed by atoms with Gasteiger partial charge < -0.3 is 0 Å². The first kappa shape index (κ1) is 35.5. The number of nitrogens with zero attached hydrogens (tertiary/aromatic N) is 2. The Bertz CT molecular complexity index is 3380. The number of hydrogen-bond donors (Lipinski definition) is 0. The quantitative estimate of drug-likeness (QED) is 0.158. The van der Waals surface area contributed by atoms with Crippen molar-refractivity contribution in [3.63, 3.8) is 0 Å². The highest BCUT2D eigenvalue weighted by Gasteiger charge is 2.13. The maximum atomic E-state index is 5.04. The smallest absolute Gasteiger partial charge is 0.160 e. The molecule has 0 N–H and O–H groups in total. The molecule has 0 saturated heterocycles. The van der Waals surface area contributed by atoms with Crippen LogP contribution in [0.3, 0.4) is 0 Å². The fourth-order valence-electron chi connectivity index (χ4n) is 8.92. The third kappa shape index (κ3) is 6.59. The standard InChI is InChI=1S/C58H40N2/c1-38-32-47(41-28-30-54-52-18-10-8-16-50(52)51-17-9-11-19-53(51)55(54)31-29-41)36-48(33-38)46-27-23-40-22-26-45(34-49(40)35-46)39-20-24-44(25-21-39)58-59-56(42-12-4-2-5-13-42)37-57(60-58)43-14-6-3-7-15-43/h2-28,30-37H,29H2,1H3. The fourth-order valence-corrected chi connectivity index (χ4v) is 8.92. The van der Waals surface area contributed by atoms with Gasteiger partial charge in [0.25, 0.3) is 0 Å². The van der Waals surface area contributed by atoms with Crippen LogP contribution in [-0.2, 0) is 0 Å². The van der Waals surface area contributed by atoms with Crippen molar-refractivity contribution in [1.82, 2.24) is 9.97 Å². The van der Waals surface area contributed by atoms with E-state index in [1.165, 1.54) is 76.1 Å². The van der Waals surface area contributed by atoms with Crippen LogP contribution < -0.4 is 10.4 Å². The third-order valence-electron chi connectivity index (χ3n) is 12.0. The molecule has 60 heavy (non-hydrogen) atoms. The van der Waals surface area contributed by atoms with Crippen LogP contribution in [0.2, 0.25) is 0 Å². The summed E-state index contributed by atoms with van der Waals surface area (Å²) < 4.78 is 0. The lowest BCUT2D eigenvalue weighted by Crippen LogP contribution is -2.25. The van der Waals surface area contributed by atoms with Gasteiger partial charge in [-0.1, -0.05) is 188 Å². The number of rotatable bonds is 6. The van der Waals surface area contributed by atoms with Gasteiger partial charge in [-0.15, -0.1) is 0 Å². The number of aromatic nitrogens is 2. The van der Waals surface area contributed by atoms with E-state index in [0.29, 0.717) is 5.82 Å². The monoisotopic (exact) mass is 764 g/mol. The van der Waals surface area contributed by atoms with Crippen molar-refractivity contribution in [3.05, 3.63) is 222 Å². The Morgan fingerprint density at radius 3 is 1.50 bits per heavy atom. The molecular weight excluding hydrogens is 725 g/mol. The van der Waals surface area contributed by atoms with Crippen LogP contribution in [0.1, 0.15) is 17.5 Å². The first-order valence-electron chi connectivity index (χ1n) is 20.7. The number of benzene rings is 9. The lowest BCUT2D eigenvalue weighted by molar-refractivity contribution is 1.18. The van der Waals surface area contributed by atoms with Gasteiger partial charge in [0.1, 0.15) is 0 Å². The molecule has 1 aliphatic carbocycles. The van der Waals surface area contributed by atoms with Gasteiger partial charge in [0.05, 0.1) is 11.4 Å². The van der Waals surface area contributed by atoms with Gasteiger partial charge in [-0.05, 0) is 119 Å². The zero-order chi connectivity index (χ0) is 40.0. The molecule has 0 saturated carbocycles. The van der Waals surface area contributed by atoms with Crippen molar-refractivity contribution in [2.75, 3.05) is 0 Å². The van der Waals surface area contributed by atoms with Crippen LogP contribution in [0.25, 0.3) is 106 Å². The summed E-state index contributed by atoms with van der Waals surface area (Å²) in [5, 5.41) is 10.3. The Balaban J connectivity index is 0.918. The summed E-state index contributed by atoms with van der Waals surface area (Å²) in [5.74, 6) is 0.712. The second kappa shape index (κ2) is 14.9. The summed E-state index contributed by atoms with van der Waals surface area (Å²) >= 11 is 0. The van der Waals surface area contributed by atoms with Crippen molar-refractivity contribution in [2.45, 2.75) is 13.3 Å². The molecular formula is C58H40N2. The Morgan fingerprint density at radius 1 is 0.350 bits per heavy atom. The summed E-state index contributed by atoms with van der Waals surface area (Å²) in [7, 11) is 0. The Hall–Kier alpha value is -7.68. The Kier molecular flexibility index (Phi) is 8.82. The van der Waals surface area contributed by atoms with E-state index in [0.717, 1.165) is 40.1 Å². The maximum absolute atomic E-state index is 5.04. The minimum atomic E-state index is 0.712. The van der Waals surface area contributed by atoms with E-state index in [4.69, 9.17) is 9.97 Å². The summed E-state index contributed by atoms with van der Waals surface area (Å²) in [4.78, 5) is 10.1. The van der Waals surface area contributed by atoms with Gasteiger partial charge in [0.2, 0.25) is 0 Å². The molecule has 0 spiro atoms. The van der Waals surface area contributed by atoms with Crippen molar-refractivity contribution in [2.24, 2.45) is 0 Å². The van der Waals surface area contributed by atoms with Crippen LogP contribution in [0.15, 0.2) is 200 Å². The van der Waals surface area contributed by atoms with E-state index < -0.39 is 0 Å². The molecule has 0 bridgehead atoms. The molecule has 9 aromatic carbocycles. The van der Waals surface area contributed by atoms with Gasteiger partial charge >= 0.3 is 0 Å². The van der Waals surface area contributed by atoms with Crippen molar-refractivity contribution >= 4 is 50.0 Å². The first-order valence-corrected chi connectivity index (χ1v) is 20.7. The molecule has 1 aromatic heterocycles. The summed E-state index contributed by atoms with van der Waals surface area (Å²) in [5.41, 5.74) is 13.6. The van der Waals surface area contributed by atoms with E-state index in [2.05, 4.69) is 207 Å². The number of aryl methyl sites for hydroxylation is 1. The van der Waals surface area contributed by atoms with Gasteiger partial charge in [0, 0.05) is 16.7 Å². The molecule has 2 heteroatoms. The SMILES string of the molecule is Cc1cc(C2=CC=c3c(c4ccccc4c4ccccc34)=CC2)cc(-c2ccc3ccc(-c4ccc(-c5nc(-c6ccccc6)cc(-c6ccccc6)n5)cc4)cc3c2)c1. The van der Waals surface area contributed by atoms with E-state index in [9.17, 15) is 0 Å². The maximum Gasteiger partial charge on any atom is 0.160 e. The van der Waals surface area contributed by atoms with Crippen LogP contribution in [0, 0.1) is 6.92 Å². The van der Waals surface area contributed by atoms with E-state index >= 15 is 0 Å². The van der Waals surface area contributed by atoms with Crippen molar-refractivity contribution in [1.29, 1.82) is 0 Å². The summed E-state index contributed by atoms with van der Waals surface area (Å²) in [6, 6.07) is 69.7. The predicted octanol–water partition coefficient (Wildman–Crippen LogP) is 13.6. The minimum absolute atomic E-state index is 0.712. The highest BCUT2D eigenvalue weighted by atomic mass is 14.9. The zero-order valence-electron chi connectivity index (χ0n) is 33.3. The lowest BCUT2D eigenvalue weighted by Gasteiger charge is -2.12. The van der Waals surface area contributed by atoms with Crippen molar-refractivity contribution in [3.8, 4) is 56.2 Å². The average molecular weight is 765 g/mol. The Labute approximate surface area is 349 Å². The highest BCUT2D eigenvalue weighted by molar-refractivity contribution is 6.08. The molecule has 0 aliphatic heterocycles. The van der Waals surface area contributed by atoms with Gasteiger partial charge in [-0.2, -0.15) is 0 Å². The molecule has 0 radical (unpaired) electrons. The lowest BCUT2D eigenvalue weighted by atomic mass is 9.93. The van der Waals surface area contributed by atoms with Crippen LogP contribution in [0.5, 0.6) is 0 Å². The molecule has 1 heterocycles. The van der Waals surface area contributed by atoms with E-state index in [-0.39, 0.29) is 0 Å². The largest absolute Gasteiger partial charge is 0.228 e.